The Labute approximate surface area is 155 Å². The van der Waals surface area contributed by atoms with Gasteiger partial charge in [-0.05, 0) is 43.7 Å². The van der Waals surface area contributed by atoms with E-state index in [0.29, 0.717) is 42.0 Å². The second-order valence-corrected chi connectivity index (χ2v) is 6.75. The zero-order valence-corrected chi connectivity index (χ0v) is 14.8. The number of carbonyl (C=O) groups is 2. The molecular weight excluding hydrogens is 352 g/mol. The molecule has 0 aliphatic heterocycles. The van der Waals surface area contributed by atoms with Gasteiger partial charge in [-0.15, -0.1) is 0 Å². The molecule has 0 unspecified atom stereocenters. The Morgan fingerprint density at radius 1 is 1.26 bits per heavy atom. The summed E-state index contributed by atoms with van der Waals surface area (Å²) in [6.07, 6.45) is 3.23. The standard InChI is InChI=1S/C19H22N2O6/c22-15(23)3-1-2-8-20-18(25)16-17(24)13-7-6-12(27-10-11-4-5-11)9-14(13)21-19(16)26/h6-7,9,11H,1-5,8,10H2,(H,20,25)(H,22,23)(H2,21,24,26). The molecule has 8 nitrogen and oxygen atoms in total. The fourth-order valence-electron chi connectivity index (χ4n) is 2.75. The summed E-state index contributed by atoms with van der Waals surface area (Å²) < 4.78 is 5.66. The molecule has 1 amide bonds. The van der Waals surface area contributed by atoms with E-state index in [0.717, 1.165) is 0 Å². The predicted molar refractivity (Wildman–Crippen MR) is 98.3 cm³/mol. The lowest BCUT2D eigenvalue weighted by atomic mass is 10.1. The minimum absolute atomic E-state index is 0.0167. The number of ether oxygens (including phenoxy) is 1. The van der Waals surface area contributed by atoms with Crippen LogP contribution in [0.15, 0.2) is 23.0 Å². The quantitative estimate of drug-likeness (QED) is 0.497. The van der Waals surface area contributed by atoms with Crippen molar-refractivity contribution in [3.8, 4) is 11.5 Å². The molecule has 144 valence electrons. The van der Waals surface area contributed by atoms with Gasteiger partial charge in [0.25, 0.3) is 11.5 Å². The van der Waals surface area contributed by atoms with Crippen LogP contribution in [-0.2, 0) is 4.79 Å². The highest BCUT2D eigenvalue weighted by Crippen LogP contribution is 2.31. The molecule has 1 aromatic heterocycles. The predicted octanol–water partition coefficient (Wildman–Crippen LogP) is 2.01. The van der Waals surface area contributed by atoms with Crippen molar-refractivity contribution in [1.29, 1.82) is 0 Å². The number of rotatable bonds is 9. The molecule has 0 saturated heterocycles. The van der Waals surface area contributed by atoms with Gasteiger partial charge in [0.2, 0.25) is 0 Å². The lowest BCUT2D eigenvalue weighted by Gasteiger charge is -2.10. The van der Waals surface area contributed by atoms with Gasteiger partial charge in [-0.2, -0.15) is 0 Å². The fraction of sp³-hybridized carbons (Fsp3) is 0.421. The van der Waals surface area contributed by atoms with E-state index in [-0.39, 0.29) is 24.3 Å². The molecule has 4 N–H and O–H groups in total. The first-order valence-corrected chi connectivity index (χ1v) is 8.97. The normalized spacial score (nSPS) is 13.5. The third kappa shape index (κ3) is 4.78. The number of unbranched alkanes of at least 4 members (excludes halogenated alkanes) is 1. The van der Waals surface area contributed by atoms with E-state index in [9.17, 15) is 19.5 Å². The number of aliphatic carboxylic acids is 1. The lowest BCUT2D eigenvalue weighted by molar-refractivity contribution is -0.137. The van der Waals surface area contributed by atoms with Crippen molar-refractivity contribution in [2.24, 2.45) is 5.92 Å². The van der Waals surface area contributed by atoms with Gasteiger partial charge in [0.15, 0.2) is 0 Å². The SMILES string of the molecule is O=C(O)CCCCNC(=O)c1c(O)c2ccc(OCC3CC3)cc2[nH]c1=O. The Morgan fingerprint density at radius 2 is 2.04 bits per heavy atom. The number of carboxylic acid groups (broad SMARTS) is 1. The van der Waals surface area contributed by atoms with Gasteiger partial charge in [-0.25, -0.2) is 0 Å². The van der Waals surface area contributed by atoms with Gasteiger partial charge in [0, 0.05) is 24.4 Å². The Morgan fingerprint density at radius 3 is 2.74 bits per heavy atom. The van der Waals surface area contributed by atoms with Crippen LogP contribution in [0.4, 0.5) is 0 Å². The Hall–Kier alpha value is -3.03. The Bertz CT molecular complexity index is 916. The molecule has 1 fully saturated rings. The van der Waals surface area contributed by atoms with E-state index < -0.39 is 17.4 Å². The average Bonchev–Trinajstić information content (AvgIpc) is 3.43. The second-order valence-electron chi connectivity index (χ2n) is 6.75. The highest BCUT2D eigenvalue weighted by atomic mass is 16.5. The summed E-state index contributed by atoms with van der Waals surface area (Å²) >= 11 is 0. The molecule has 1 aliphatic rings. The van der Waals surface area contributed by atoms with Crippen LogP contribution in [0.25, 0.3) is 10.9 Å². The number of hydrogen-bond donors (Lipinski definition) is 4. The third-order valence-electron chi connectivity index (χ3n) is 4.47. The number of amides is 1. The molecule has 1 aliphatic carbocycles. The first kappa shape index (κ1) is 18.8. The summed E-state index contributed by atoms with van der Waals surface area (Å²) in [5.41, 5.74) is -0.654. The number of aromatic nitrogens is 1. The van der Waals surface area contributed by atoms with E-state index in [1.807, 2.05) is 0 Å². The molecule has 2 aromatic rings. The van der Waals surface area contributed by atoms with E-state index >= 15 is 0 Å². The number of H-pyrrole nitrogens is 1. The molecule has 0 radical (unpaired) electrons. The van der Waals surface area contributed by atoms with Crippen LogP contribution < -0.4 is 15.6 Å². The van der Waals surface area contributed by atoms with Crippen LogP contribution in [0.1, 0.15) is 42.5 Å². The van der Waals surface area contributed by atoms with Gasteiger partial charge in [0.1, 0.15) is 17.1 Å². The number of aromatic hydroxyl groups is 1. The number of carboxylic acids is 1. The van der Waals surface area contributed by atoms with Crippen LogP contribution in [0.5, 0.6) is 11.5 Å². The highest BCUT2D eigenvalue weighted by molar-refractivity contribution is 6.02. The van der Waals surface area contributed by atoms with Crippen molar-refractivity contribution < 1.29 is 24.5 Å². The highest BCUT2D eigenvalue weighted by Gasteiger charge is 2.22. The maximum absolute atomic E-state index is 12.3. The van der Waals surface area contributed by atoms with E-state index in [4.69, 9.17) is 9.84 Å². The maximum atomic E-state index is 12.3. The molecule has 27 heavy (non-hydrogen) atoms. The fourth-order valence-corrected chi connectivity index (χ4v) is 2.75. The van der Waals surface area contributed by atoms with Crippen molar-refractivity contribution in [1.82, 2.24) is 10.3 Å². The number of pyridine rings is 1. The van der Waals surface area contributed by atoms with Gasteiger partial charge < -0.3 is 25.3 Å². The van der Waals surface area contributed by atoms with Crippen molar-refractivity contribution >= 4 is 22.8 Å². The molecule has 0 atom stereocenters. The minimum Gasteiger partial charge on any atom is -0.506 e. The van der Waals surface area contributed by atoms with Crippen LogP contribution in [-0.4, -0.2) is 40.2 Å². The molecule has 0 spiro atoms. The molecule has 3 rings (SSSR count). The topological polar surface area (TPSA) is 129 Å². The van der Waals surface area contributed by atoms with E-state index in [1.54, 1.807) is 18.2 Å². The summed E-state index contributed by atoms with van der Waals surface area (Å²) in [5, 5.41) is 21.9. The monoisotopic (exact) mass is 374 g/mol. The number of nitrogens with one attached hydrogen (secondary N) is 2. The zero-order valence-electron chi connectivity index (χ0n) is 14.8. The molecule has 1 heterocycles. The maximum Gasteiger partial charge on any atom is 0.303 e. The van der Waals surface area contributed by atoms with Crippen LogP contribution in [0, 0.1) is 5.92 Å². The Kier molecular flexibility index (Phi) is 5.63. The van der Waals surface area contributed by atoms with E-state index in [1.165, 1.54) is 12.8 Å². The second kappa shape index (κ2) is 8.11. The summed E-state index contributed by atoms with van der Waals surface area (Å²) in [7, 11) is 0. The third-order valence-corrected chi connectivity index (χ3v) is 4.47. The van der Waals surface area contributed by atoms with Crippen molar-refractivity contribution in [3.63, 3.8) is 0 Å². The molecule has 1 aromatic carbocycles. The van der Waals surface area contributed by atoms with Gasteiger partial charge in [-0.3, -0.25) is 14.4 Å². The van der Waals surface area contributed by atoms with Crippen LogP contribution >= 0.6 is 0 Å². The minimum atomic E-state index is -0.898. The summed E-state index contributed by atoms with van der Waals surface area (Å²) in [5.74, 6) is -0.786. The Balaban J connectivity index is 1.71. The first-order valence-electron chi connectivity index (χ1n) is 8.97. The smallest absolute Gasteiger partial charge is 0.303 e. The van der Waals surface area contributed by atoms with Gasteiger partial charge >= 0.3 is 5.97 Å². The molecular formula is C19H22N2O6. The van der Waals surface area contributed by atoms with Crippen molar-refractivity contribution in [2.75, 3.05) is 13.2 Å². The molecule has 1 saturated carbocycles. The molecule has 8 heteroatoms. The van der Waals surface area contributed by atoms with E-state index in [2.05, 4.69) is 10.3 Å². The summed E-state index contributed by atoms with van der Waals surface area (Å²) in [6.45, 7) is 0.848. The number of aromatic amines is 1. The van der Waals surface area contributed by atoms with Gasteiger partial charge in [-0.1, -0.05) is 0 Å². The first-order chi connectivity index (χ1) is 13.0. The van der Waals surface area contributed by atoms with Crippen LogP contribution in [0.3, 0.4) is 0 Å². The number of fused-ring (bicyclic) bond motifs is 1. The molecule has 0 bridgehead atoms. The van der Waals surface area contributed by atoms with Crippen molar-refractivity contribution in [3.05, 3.63) is 34.1 Å². The average molecular weight is 374 g/mol. The lowest BCUT2D eigenvalue weighted by Crippen LogP contribution is -2.30. The van der Waals surface area contributed by atoms with Gasteiger partial charge in [0.05, 0.1) is 12.1 Å². The van der Waals surface area contributed by atoms with Crippen molar-refractivity contribution in [2.45, 2.75) is 32.1 Å². The largest absolute Gasteiger partial charge is 0.506 e. The van der Waals surface area contributed by atoms with Crippen LogP contribution in [0.2, 0.25) is 0 Å². The number of benzene rings is 1. The summed E-state index contributed by atoms with van der Waals surface area (Å²) in [6, 6.07) is 4.93. The zero-order chi connectivity index (χ0) is 19.4. The summed E-state index contributed by atoms with van der Waals surface area (Å²) in [4.78, 5) is 37.6. The number of hydrogen-bond acceptors (Lipinski definition) is 5. The number of carbonyl (C=O) groups excluding carboxylic acids is 1.